The van der Waals surface area contributed by atoms with Crippen LogP contribution in [0.2, 0.25) is 0 Å². The molecule has 5 nitrogen and oxygen atoms in total. The molecule has 0 aliphatic carbocycles. The van der Waals surface area contributed by atoms with E-state index in [0.717, 1.165) is 43.6 Å². The van der Waals surface area contributed by atoms with Gasteiger partial charge in [-0.15, -0.1) is 0 Å². The second-order valence-corrected chi connectivity index (χ2v) is 4.27. The largest absolute Gasteiger partial charge is 0.330 e. The van der Waals surface area contributed by atoms with Crippen molar-refractivity contribution in [2.75, 3.05) is 11.9 Å². The van der Waals surface area contributed by atoms with Crippen molar-refractivity contribution in [3.63, 3.8) is 0 Å². The molecule has 1 aromatic rings. The van der Waals surface area contributed by atoms with Gasteiger partial charge in [-0.25, -0.2) is 0 Å². The van der Waals surface area contributed by atoms with Gasteiger partial charge in [0.15, 0.2) is 0 Å². The number of aryl methyl sites for hydroxylation is 1. The highest BCUT2D eigenvalue weighted by Gasteiger charge is 2.07. The number of unbranched alkanes of at least 4 members (excludes halogenated alkanes) is 3. The number of nitrogens with two attached hydrogens (primary N) is 1. The predicted octanol–water partition coefficient (Wildman–Crippen LogP) is 1.58. The van der Waals surface area contributed by atoms with E-state index in [9.17, 15) is 4.79 Å². The summed E-state index contributed by atoms with van der Waals surface area (Å²) in [5, 5.41) is 6.95. The summed E-state index contributed by atoms with van der Waals surface area (Å²) in [5.41, 5.74) is 7.18. The minimum atomic E-state index is 0.0637. The predicted molar refractivity (Wildman–Crippen MR) is 68.7 cm³/mol. The molecule has 0 fully saturated rings. The summed E-state index contributed by atoms with van der Waals surface area (Å²) in [6, 6.07) is 0. The van der Waals surface area contributed by atoms with Crippen molar-refractivity contribution in [2.45, 2.75) is 39.0 Å². The normalized spacial score (nSPS) is 10.5. The van der Waals surface area contributed by atoms with Crippen LogP contribution in [-0.2, 0) is 11.8 Å². The van der Waals surface area contributed by atoms with Gasteiger partial charge in [0.25, 0.3) is 0 Å². The van der Waals surface area contributed by atoms with Crippen molar-refractivity contribution in [2.24, 2.45) is 12.8 Å². The number of nitrogens with zero attached hydrogens (tertiary/aromatic N) is 2. The van der Waals surface area contributed by atoms with Gasteiger partial charge in [-0.1, -0.05) is 12.8 Å². The lowest BCUT2D eigenvalue weighted by molar-refractivity contribution is -0.116. The van der Waals surface area contributed by atoms with Crippen molar-refractivity contribution in [3.05, 3.63) is 11.9 Å². The molecule has 1 heterocycles. The second kappa shape index (κ2) is 7.06. The van der Waals surface area contributed by atoms with Gasteiger partial charge in [0.05, 0.1) is 17.6 Å². The van der Waals surface area contributed by atoms with E-state index < -0.39 is 0 Å². The Hall–Kier alpha value is -1.36. The lowest BCUT2D eigenvalue weighted by Gasteiger charge is -2.04. The molecule has 1 aromatic heterocycles. The van der Waals surface area contributed by atoms with Gasteiger partial charge in [0, 0.05) is 13.5 Å². The molecule has 0 bridgehead atoms. The number of anilines is 1. The first kappa shape index (κ1) is 13.7. The third-order valence-corrected chi connectivity index (χ3v) is 2.87. The highest BCUT2D eigenvalue weighted by Crippen LogP contribution is 2.13. The number of rotatable bonds is 7. The maximum absolute atomic E-state index is 11.6. The molecule has 0 unspecified atom stereocenters. The zero-order valence-corrected chi connectivity index (χ0v) is 10.7. The first-order chi connectivity index (χ1) is 8.15. The zero-order chi connectivity index (χ0) is 12.7. The summed E-state index contributed by atoms with van der Waals surface area (Å²) < 4.78 is 1.75. The Bertz CT molecular complexity index is 359. The van der Waals surface area contributed by atoms with Crippen LogP contribution in [0.5, 0.6) is 0 Å². The Morgan fingerprint density at radius 2 is 2.12 bits per heavy atom. The fraction of sp³-hybridized carbons (Fsp3) is 0.667. The molecule has 0 aliphatic rings. The van der Waals surface area contributed by atoms with Crippen LogP contribution in [-0.4, -0.2) is 22.2 Å². The first-order valence-electron chi connectivity index (χ1n) is 6.13. The number of hydrogen-bond donors (Lipinski definition) is 2. The standard InChI is InChI=1S/C12H22N4O/c1-10-11(9-14-16(10)2)15-12(17)7-5-3-4-6-8-13/h9H,3-8,13H2,1-2H3,(H,15,17). The third kappa shape index (κ3) is 4.56. The average Bonchev–Trinajstić information content (AvgIpc) is 2.61. The SMILES string of the molecule is Cc1c(NC(=O)CCCCCCN)cnn1C. The summed E-state index contributed by atoms with van der Waals surface area (Å²) in [5.74, 6) is 0.0637. The van der Waals surface area contributed by atoms with E-state index in [-0.39, 0.29) is 5.91 Å². The van der Waals surface area contributed by atoms with Crippen molar-refractivity contribution in [1.29, 1.82) is 0 Å². The number of hydrogen-bond acceptors (Lipinski definition) is 3. The van der Waals surface area contributed by atoms with Gasteiger partial charge in [-0.3, -0.25) is 9.48 Å². The molecule has 3 N–H and O–H groups in total. The molecule has 0 saturated carbocycles. The molecule has 96 valence electrons. The number of amides is 1. The summed E-state index contributed by atoms with van der Waals surface area (Å²) in [7, 11) is 1.86. The zero-order valence-electron chi connectivity index (χ0n) is 10.7. The van der Waals surface area contributed by atoms with Crippen LogP contribution in [0.15, 0.2) is 6.20 Å². The average molecular weight is 238 g/mol. The number of carbonyl (C=O) groups is 1. The lowest BCUT2D eigenvalue weighted by Crippen LogP contribution is -2.11. The molecule has 0 atom stereocenters. The molecule has 0 aliphatic heterocycles. The fourth-order valence-electron chi connectivity index (χ4n) is 1.62. The summed E-state index contributed by atoms with van der Waals surface area (Å²) in [4.78, 5) is 11.6. The van der Waals surface area contributed by atoms with Gasteiger partial charge in [-0.2, -0.15) is 5.10 Å². The van der Waals surface area contributed by atoms with Crippen LogP contribution < -0.4 is 11.1 Å². The fourth-order valence-corrected chi connectivity index (χ4v) is 1.62. The molecule has 17 heavy (non-hydrogen) atoms. The van der Waals surface area contributed by atoms with E-state index >= 15 is 0 Å². The summed E-state index contributed by atoms with van der Waals surface area (Å²) >= 11 is 0. The first-order valence-corrected chi connectivity index (χ1v) is 6.13. The maximum atomic E-state index is 11.6. The molecule has 0 aromatic carbocycles. The van der Waals surface area contributed by atoms with Crippen molar-refractivity contribution < 1.29 is 4.79 Å². The number of aromatic nitrogens is 2. The summed E-state index contributed by atoms with van der Waals surface area (Å²) in [6.45, 7) is 2.67. The van der Waals surface area contributed by atoms with Crippen LogP contribution in [0, 0.1) is 6.92 Å². The molecule has 0 radical (unpaired) electrons. The van der Waals surface area contributed by atoms with E-state index in [1.807, 2.05) is 14.0 Å². The number of carbonyl (C=O) groups excluding carboxylic acids is 1. The van der Waals surface area contributed by atoms with Crippen LogP contribution in [0.1, 0.15) is 37.8 Å². The second-order valence-electron chi connectivity index (χ2n) is 4.27. The van der Waals surface area contributed by atoms with Crippen LogP contribution >= 0.6 is 0 Å². The third-order valence-electron chi connectivity index (χ3n) is 2.87. The minimum absolute atomic E-state index is 0.0637. The quantitative estimate of drug-likeness (QED) is 0.708. The Morgan fingerprint density at radius 3 is 2.71 bits per heavy atom. The van der Waals surface area contributed by atoms with Crippen LogP contribution in [0.25, 0.3) is 0 Å². The van der Waals surface area contributed by atoms with Gasteiger partial charge in [-0.05, 0) is 26.3 Å². The van der Waals surface area contributed by atoms with E-state index in [4.69, 9.17) is 5.73 Å². The van der Waals surface area contributed by atoms with E-state index in [0.29, 0.717) is 6.42 Å². The molecular weight excluding hydrogens is 216 g/mol. The summed E-state index contributed by atoms with van der Waals surface area (Å²) in [6.07, 6.45) is 6.39. The maximum Gasteiger partial charge on any atom is 0.224 e. The highest BCUT2D eigenvalue weighted by atomic mass is 16.1. The molecule has 1 rings (SSSR count). The smallest absolute Gasteiger partial charge is 0.224 e. The molecule has 0 saturated heterocycles. The van der Waals surface area contributed by atoms with Crippen molar-refractivity contribution in [1.82, 2.24) is 9.78 Å². The molecule has 5 heteroatoms. The Kier molecular flexibility index (Phi) is 5.69. The lowest BCUT2D eigenvalue weighted by atomic mass is 10.1. The van der Waals surface area contributed by atoms with Crippen LogP contribution in [0.4, 0.5) is 5.69 Å². The Balaban J connectivity index is 2.23. The van der Waals surface area contributed by atoms with E-state index in [2.05, 4.69) is 10.4 Å². The van der Waals surface area contributed by atoms with Crippen molar-refractivity contribution in [3.8, 4) is 0 Å². The Morgan fingerprint density at radius 1 is 1.41 bits per heavy atom. The minimum Gasteiger partial charge on any atom is -0.330 e. The molecule has 0 spiro atoms. The van der Waals surface area contributed by atoms with E-state index in [1.165, 1.54) is 0 Å². The monoisotopic (exact) mass is 238 g/mol. The number of nitrogens with one attached hydrogen (secondary N) is 1. The Labute approximate surface area is 102 Å². The van der Waals surface area contributed by atoms with E-state index in [1.54, 1.807) is 10.9 Å². The van der Waals surface area contributed by atoms with Gasteiger partial charge in [0.1, 0.15) is 0 Å². The van der Waals surface area contributed by atoms with Gasteiger partial charge >= 0.3 is 0 Å². The molecule has 1 amide bonds. The van der Waals surface area contributed by atoms with Crippen LogP contribution in [0.3, 0.4) is 0 Å². The topological polar surface area (TPSA) is 72.9 Å². The van der Waals surface area contributed by atoms with Gasteiger partial charge < -0.3 is 11.1 Å². The van der Waals surface area contributed by atoms with Crippen molar-refractivity contribution >= 4 is 11.6 Å². The highest BCUT2D eigenvalue weighted by molar-refractivity contribution is 5.91. The van der Waals surface area contributed by atoms with Gasteiger partial charge in [0.2, 0.25) is 5.91 Å². The molecular formula is C12H22N4O.